The zero-order valence-corrected chi connectivity index (χ0v) is 14.0. The van der Waals surface area contributed by atoms with Gasteiger partial charge in [0.2, 0.25) is 0 Å². The van der Waals surface area contributed by atoms with Crippen molar-refractivity contribution in [2.75, 3.05) is 13.7 Å². The summed E-state index contributed by atoms with van der Waals surface area (Å²) in [6.45, 7) is 2.32. The Kier molecular flexibility index (Phi) is 6.03. The lowest BCUT2D eigenvalue weighted by Crippen LogP contribution is -2.17. The first-order valence-corrected chi connectivity index (χ1v) is 7.55. The minimum absolute atomic E-state index is 0.0892. The largest absolute Gasteiger partial charge is 0.508 e. The van der Waals surface area contributed by atoms with E-state index in [4.69, 9.17) is 21.1 Å². The van der Waals surface area contributed by atoms with E-state index >= 15 is 0 Å². The second-order valence-corrected chi connectivity index (χ2v) is 5.12. The van der Waals surface area contributed by atoms with Crippen molar-refractivity contribution in [3.05, 3.63) is 52.5 Å². The zero-order chi connectivity index (χ0) is 17.5. The lowest BCUT2D eigenvalue weighted by Gasteiger charge is -2.11. The maximum absolute atomic E-state index is 11.9. The molecule has 2 aromatic carbocycles. The third kappa shape index (κ3) is 4.39. The summed E-state index contributed by atoms with van der Waals surface area (Å²) < 4.78 is 10.7. The van der Waals surface area contributed by atoms with E-state index in [1.165, 1.54) is 37.6 Å². The third-order valence-corrected chi connectivity index (χ3v) is 3.33. The molecule has 0 fully saturated rings. The molecule has 0 spiro atoms. The molecule has 0 atom stereocenters. The molecule has 2 aromatic rings. The number of ether oxygens (including phenoxy) is 2. The molecule has 0 aliphatic carbocycles. The van der Waals surface area contributed by atoms with E-state index in [1.54, 1.807) is 12.1 Å². The average Bonchev–Trinajstić information content (AvgIpc) is 2.55. The fraction of sp³-hybridized carbons (Fsp3) is 0.176. The number of rotatable bonds is 6. The van der Waals surface area contributed by atoms with Crippen LogP contribution in [-0.4, -0.2) is 30.9 Å². The number of nitrogens with zero attached hydrogens (tertiary/aromatic N) is 1. The highest BCUT2D eigenvalue weighted by Gasteiger charge is 2.11. The molecular weight excluding hydrogens is 332 g/mol. The number of phenols is 1. The maximum atomic E-state index is 11.9. The van der Waals surface area contributed by atoms with Gasteiger partial charge in [0, 0.05) is 5.56 Å². The monoisotopic (exact) mass is 348 g/mol. The van der Waals surface area contributed by atoms with E-state index in [0.29, 0.717) is 34.3 Å². The van der Waals surface area contributed by atoms with E-state index in [9.17, 15) is 9.90 Å². The first kappa shape index (κ1) is 17.6. The number of phenolic OH excluding ortho intramolecular Hbond substituents is 1. The Hall–Kier alpha value is -2.73. The van der Waals surface area contributed by atoms with Gasteiger partial charge in [0.05, 0.1) is 25.0 Å². The number of amides is 1. The fourth-order valence-corrected chi connectivity index (χ4v) is 2.26. The summed E-state index contributed by atoms with van der Waals surface area (Å²) in [6.07, 6.45) is 1.45. The van der Waals surface area contributed by atoms with Gasteiger partial charge in [-0.1, -0.05) is 11.6 Å². The predicted octanol–water partition coefficient (Wildman–Crippen LogP) is 3.22. The van der Waals surface area contributed by atoms with Crippen molar-refractivity contribution in [2.24, 2.45) is 5.10 Å². The molecule has 2 N–H and O–H groups in total. The van der Waals surface area contributed by atoms with Crippen molar-refractivity contribution in [1.82, 2.24) is 5.43 Å². The van der Waals surface area contributed by atoms with E-state index in [2.05, 4.69) is 10.5 Å². The van der Waals surface area contributed by atoms with Gasteiger partial charge in [-0.2, -0.15) is 5.10 Å². The quantitative estimate of drug-likeness (QED) is 0.620. The molecule has 1 amide bonds. The molecule has 0 radical (unpaired) electrons. The Morgan fingerprint density at radius 3 is 2.67 bits per heavy atom. The molecule has 0 bridgehead atoms. The minimum Gasteiger partial charge on any atom is -0.508 e. The summed E-state index contributed by atoms with van der Waals surface area (Å²) in [5.41, 5.74) is 3.43. The van der Waals surface area contributed by atoms with Gasteiger partial charge in [-0.15, -0.1) is 0 Å². The molecule has 0 aliphatic heterocycles. The van der Waals surface area contributed by atoms with Gasteiger partial charge in [-0.3, -0.25) is 4.79 Å². The SMILES string of the molecule is CCOc1cc(/C=N\NC(=O)c2ccc(O)cc2)cc(Cl)c1OC. The van der Waals surface area contributed by atoms with Gasteiger partial charge in [0.1, 0.15) is 5.75 Å². The van der Waals surface area contributed by atoms with Gasteiger partial charge in [0.25, 0.3) is 5.91 Å². The summed E-state index contributed by atoms with van der Waals surface area (Å²) in [6, 6.07) is 9.21. The van der Waals surface area contributed by atoms with Crippen LogP contribution in [0, 0.1) is 0 Å². The lowest BCUT2D eigenvalue weighted by atomic mass is 10.2. The molecule has 7 heteroatoms. The van der Waals surface area contributed by atoms with Gasteiger partial charge < -0.3 is 14.6 Å². The van der Waals surface area contributed by atoms with Crippen LogP contribution in [0.25, 0.3) is 0 Å². The van der Waals surface area contributed by atoms with Crippen LogP contribution >= 0.6 is 11.6 Å². The normalized spacial score (nSPS) is 10.6. The highest BCUT2D eigenvalue weighted by atomic mass is 35.5. The van der Waals surface area contributed by atoms with Crippen molar-refractivity contribution in [2.45, 2.75) is 6.92 Å². The number of benzene rings is 2. The Bertz CT molecular complexity index is 745. The smallest absolute Gasteiger partial charge is 0.271 e. The Morgan fingerprint density at radius 1 is 1.33 bits per heavy atom. The first-order chi connectivity index (χ1) is 11.5. The number of carbonyl (C=O) groups excluding carboxylic acids is 1. The second kappa shape index (κ2) is 8.21. The number of nitrogens with one attached hydrogen (secondary N) is 1. The van der Waals surface area contributed by atoms with Gasteiger partial charge >= 0.3 is 0 Å². The Morgan fingerprint density at radius 2 is 2.04 bits per heavy atom. The number of methoxy groups -OCH3 is 1. The van der Waals surface area contributed by atoms with Crippen molar-refractivity contribution in [3.63, 3.8) is 0 Å². The van der Waals surface area contributed by atoms with E-state index in [1.807, 2.05) is 6.92 Å². The summed E-state index contributed by atoms with van der Waals surface area (Å²) in [5, 5.41) is 13.5. The molecular formula is C17H17ClN2O4. The van der Waals surface area contributed by atoms with Crippen molar-refractivity contribution < 1.29 is 19.4 Å². The van der Waals surface area contributed by atoms with Gasteiger partial charge in [0.15, 0.2) is 11.5 Å². The van der Waals surface area contributed by atoms with E-state index < -0.39 is 5.91 Å². The van der Waals surface area contributed by atoms with Crippen molar-refractivity contribution in [1.29, 1.82) is 0 Å². The summed E-state index contributed by atoms with van der Waals surface area (Å²) in [4.78, 5) is 11.9. The highest BCUT2D eigenvalue weighted by molar-refractivity contribution is 6.32. The number of hydrogen-bond acceptors (Lipinski definition) is 5. The van der Waals surface area contributed by atoms with Gasteiger partial charge in [-0.05, 0) is 48.9 Å². The molecule has 0 aromatic heterocycles. The Labute approximate surface area is 144 Å². The molecule has 0 aliphatic rings. The van der Waals surface area contributed by atoms with Crippen LogP contribution in [0.2, 0.25) is 5.02 Å². The molecule has 6 nitrogen and oxygen atoms in total. The number of halogens is 1. The maximum Gasteiger partial charge on any atom is 0.271 e. The number of hydrazone groups is 1. The van der Waals surface area contributed by atoms with Crippen LogP contribution in [0.5, 0.6) is 17.2 Å². The van der Waals surface area contributed by atoms with Crippen LogP contribution in [0.15, 0.2) is 41.5 Å². The van der Waals surface area contributed by atoms with Crippen LogP contribution in [0.3, 0.4) is 0 Å². The molecule has 0 saturated carbocycles. The summed E-state index contributed by atoms with van der Waals surface area (Å²) in [5.74, 6) is 0.643. The average molecular weight is 349 g/mol. The van der Waals surface area contributed by atoms with Crippen LogP contribution < -0.4 is 14.9 Å². The minimum atomic E-state index is -0.393. The fourth-order valence-electron chi connectivity index (χ4n) is 1.97. The molecule has 0 heterocycles. The topological polar surface area (TPSA) is 80.2 Å². The molecule has 0 saturated heterocycles. The standard InChI is InChI=1S/C17H17ClN2O4/c1-3-24-15-9-11(8-14(18)16(15)23-2)10-19-20-17(22)12-4-6-13(21)7-5-12/h4-10,21H,3H2,1-2H3,(H,20,22)/b19-10-. The zero-order valence-electron chi connectivity index (χ0n) is 13.2. The molecule has 126 valence electrons. The van der Waals surface area contributed by atoms with E-state index in [0.717, 1.165) is 0 Å². The number of hydrogen-bond donors (Lipinski definition) is 2. The predicted molar refractivity (Wildman–Crippen MR) is 92.3 cm³/mol. The van der Waals surface area contributed by atoms with Crippen molar-refractivity contribution in [3.8, 4) is 17.2 Å². The van der Waals surface area contributed by atoms with Crippen LogP contribution in [0.1, 0.15) is 22.8 Å². The van der Waals surface area contributed by atoms with Crippen LogP contribution in [-0.2, 0) is 0 Å². The number of aromatic hydroxyl groups is 1. The summed E-state index contributed by atoms with van der Waals surface area (Å²) >= 11 is 6.14. The van der Waals surface area contributed by atoms with Crippen LogP contribution in [0.4, 0.5) is 0 Å². The molecule has 0 unspecified atom stereocenters. The highest BCUT2D eigenvalue weighted by Crippen LogP contribution is 2.35. The number of carbonyl (C=O) groups is 1. The Balaban J connectivity index is 2.11. The molecule has 24 heavy (non-hydrogen) atoms. The molecule has 2 rings (SSSR count). The van der Waals surface area contributed by atoms with Crippen molar-refractivity contribution >= 4 is 23.7 Å². The second-order valence-electron chi connectivity index (χ2n) is 4.71. The third-order valence-electron chi connectivity index (χ3n) is 3.05. The first-order valence-electron chi connectivity index (χ1n) is 7.18. The van der Waals surface area contributed by atoms with Gasteiger partial charge in [-0.25, -0.2) is 5.43 Å². The van der Waals surface area contributed by atoms with E-state index in [-0.39, 0.29) is 5.75 Å². The summed E-state index contributed by atoms with van der Waals surface area (Å²) in [7, 11) is 1.51. The lowest BCUT2D eigenvalue weighted by molar-refractivity contribution is 0.0955.